The molecule has 2 rings (SSSR count). The minimum atomic E-state index is 0.216. The molecule has 0 aliphatic carbocycles. The van der Waals surface area contributed by atoms with E-state index < -0.39 is 0 Å². The average Bonchev–Trinajstić information content (AvgIpc) is 2.41. The Morgan fingerprint density at radius 3 is 2.78 bits per heavy atom. The summed E-state index contributed by atoms with van der Waals surface area (Å²) in [4.78, 5) is 2.61. The van der Waals surface area contributed by atoms with Crippen molar-refractivity contribution in [3.8, 4) is 0 Å². The second-order valence-electron chi connectivity index (χ2n) is 6.28. The van der Waals surface area contributed by atoms with Gasteiger partial charge in [-0.25, -0.2) is 0 Å². The molecule has 0 saturated carbocycles. The lowest BCUT2D eigenvalue weighted by molar-refractivity contribution is 0.173. The lowest BCUT2D eigenvalue weighted by atomic mass is 10.0. The third-order valence-corrected chi connectivity index (χ3v) is 4.02. The molecule has 1 heterocycles. The van der Waals surface area contributed by atoms with E-state index in [1.165, 1.54) is 17.5 Å². The molecular formula is C16H26N2. The van der Waals surface area contributed by atoms with Gasteiger partial charge in [-0.3, -0.25) is 4.90 Å². The smallest absolute Gasteiger partial charge is 0.0252 e. The van der Waals surface area contributed by atoms with Crippen molar-refractivity contribution in [3.63, 3.8) is 0 Å². The normalized spacial score (nSPS) is 24.8. The second-order valence-corrected chi connectivity index (χ2v) is 6.28. The summed E-state index contributed by atoms with van der Waals surface area (Å²) >= 11 is 0. The second kappa shape index (κ2) is 5.41. The Labute approximate surface area is 111 Å². The van der Waals surface area contributed by atoms with Gasteiger partial charge in [-0.05, 0) is 51.8 Å². The largest absolute Gasteiger partial charge is 0.310 e. The fourth-order valence-corrected chi connectivity index (χ4v) is 2.74. The van der Waals surface area contributed by atoms with Crippen LogP contribution in [-0.4, -0.2) is 29.6 Å². The highest BCUT2D eigenvalue weighted by Crippen LogP contribution is 2.19. The van der Waals surface area contributed by atoms with Crippen molar-refractivity contribution >= 4 is 0 Å². The Morgan fingerprint density at radius 2 is 2.06 bits per heavy atom. The molecule has 100 valence electrons. The molecule has 2 heteroatoms. The van der Waals surface area contributed by atoms with Crippen LogP contribution in [0.1, 0.15) is 38.3 Å². The highest BCUT2D eigenvalue weighted by molar-refractivity contribution is 5.25. The van der Waals surface area contributed by atoms with Gasteiger partial charge in [0.25, 0.3) is 0 Å². The van der Waals surface area contributed by atoms with E-state index in [1.54, 1.807) is 0 Å². The molecule has 1 N–H and O–H groups in total. The van der Waals surface area contributed by atoms with E-state index in [9.17, 15) is 0 Å². The van der Waals surface area contributed by atoms with Crippen LogP contribution < -0.4 is 5.32 Å². The minimum Gasteiger partial charge on any atom is -0.310 e. The summed E-state index contributed by atoms with van der Waals surface area (Å²) in [7, 11) is 0. The van der Waals surface area contributed by atoms with Crippen molar-refractivity contribution in [1.29, 1.82) is 0 Å². The maximum atomic E-state index is 3.64. The van der Waals surface area contributed by atoms with Gasteiger partial charge in [0.1, 0.15) is 0 Å². The summed E-state index contributed by atoms with van der Waals surface area (Å²) in [5, 5.41) is 3.64. The summed E-state index contributed by atoms with van der Waals surface area (Å²) in [6, 6.07) is 9.39. The molecule has 0 aromatic heterocycles. The Bertz CT molecular complexity index is 398. The van der Waals surface area contributed by atoms with E-state index in [4.69, 9.17) is 0 Å². The standard InChI is InChI=1S/C16H26N2/c1-13-7-5-6-8-15(13)11-18-12-16(3,4)17-10-9-14(18)2/h5-8,14,17H,9-12H2,1-4H3. The van der Waals surface area contributed by atoms with Crippen LogP contribution in [0.4, 0.5) is 0 Å². The van der Waals surface area contributed by atoms with Gasteiger partial charge < -0.3 is 5.32 Å². The van der Waals surface area contributed by atoms with Crippen molar-refractivity contribution in [3.05, 3.63) is 35.4 Å². The maximum absolute atomic E-state index is 3.64. The lowest BCUT2D eigenvalue weighted by Gasteiger charge is -2.33. The fraction of sp³-hybridized carbons (Fsp3) is 0.625. The van der Waals surface area contributed by atoms with E-state index in [1.807, 2.05) is 0 Å². The monoisotopic (exact) mass is 246 g/mol. The minimum absolute atomic E-state index is 0.216. The van der Waals surface area contributed by atoms with Crippen molar-refractivity contribution in [2.45, 2.75) is 52.2 Å². The SMILES string of the molecule is Cc1ccccc1CN1CC(C)(C)NCCC1C. The predicted molar refractivity (Wildman–Crippen MR) is 77.7 cm³/mol. The molecule has 1 atom stereocenters. The Morgan fingerprint density at radius 1 is 1.33 bits per heavy atom. The molecule has 0 amide bonds. The van der Waals surface area contributed by atoms with Gasteiger partial charge in [0.2, 0.25) is 0 Å². The van der Waals surface area contributed by atoms with Crippen LogP contribution in [0.5, 0.6) is 0 Å². The third-order valence-electron chi connectivity index (χ3n) is 4.02. The van der Waals surface area contributed by atoms with Crippen molar-refractivity contribution in [2.24, 2.45) is 0 Å². The first-order valence-electron chi connectivity index (χ1n) is 7.01. The lowest BCUT2D eigenvalue weighted by Crippen LogP contribution is -2.47. The molecule has 0 bridgehead atoms. The van der Waals surface area contributed by atoms with Gasteiger partial charge in [0.05, 0.1) is 0 Å². The van der Waals surface area contributed by atoms with Gasteiger partial charge >= 0.3 is 0 Å². The van der Waals surface area contributed by atoms with Crippen LogP contribution in [-0.2, 0) is 6.54 Å². The zero-order valence-corrected chi connectivity index (χ0v) is 12.2. The molecular weight excluding hydrogens is 220 g/mol. The van der Waals surface area contributed by atoms with Gasteiger partial charge in [0.15, 0.2) is 0 Å². The van der Waals surface area contributed by atoms with E-state index >= 15 is 0 Å². The summed E-state index contributed by atoms with van der Waals surface area (Å²) in [5.41, 5.74) is 3.08. The quantitative estimate of drug-likeness (QED) is 0.863. The van der Waals surface area contributed by atoms with Crippen LogP contribution >= 0.6 is 0 Å². The number of nitrogens with one attached hydrogen (secondary N) is 1. The number of hydrogen-bond acceptors (Lipinski definition) is 2. The van der Waals surface area contributed by atoms with Gasteiger partial charge in [-0.2, -0.15) is 0 Å². The number of nitrogens with zero attached hydrogens (tertiary/aromatic N) is 1. The highest BCUT2D eigenvalue weighted by Gasteiger charge is 2.27. The van der Waals surface area contributed by atoms with E-state index in [-0.39, 0.29) is 5.54 Å². The zero-order valence-electron chi connectivity index (χ0n) is 12.2. The summed E-state index contributed by atoms with van der Waals surface area (Å²) in [5.74, 6) is 0. The number of rotatable bonds is 2. The summed E-state index contributed by atoms with van der Waals surface area (Å²) < 4.78 is 0. The van der Waals surface area contributed by atoms with E-state index in [0.29, 0.717) is 6.04 Å². The average molecular weight is 246 g/mol. The fourth-order valence-electron chi connectivity index (χ4n) is 2.74. The van der Waals surface area contributed by atoms with Crippen molar-refractivity contribution < 1.29 is 0 Å². The van der Waals surface area contributed by atoms with Gasteiger partial charge in [-0.15, -0.1) is 0 Å². The molecule has 18 heavy (non-hydrogen) atoms. The molecule has 1 fully saturated rings. The maximum Gasteiger partial charge on any atom is 0.0252 e. The molecule has 1 aromatic carbocycles. The van der Waals surface area contributed by atoms with Crippen LogP contribution in [0.3, 0.4) is 0 Å². The first kappa shape index (κ1) is 13.6. The molecule has 1 unspecified atom stereocenters. The summed E-state index contributed by atoms with van der Waals surface area (Å²) in [6.45, 7) is 12.5. The predicted octanol–water partition coefficient (Wildman–Crippen LogP) is 2.96. The topological polar surface area (TPSA) is 15.3 Å². The zero-order chi connectivity index (χ0) is 13.2. The summed E-state index contributed by atoms with van der Waals surface area (Å²) in [6.07, 6.45) is 1.23. The van der Waals surface area contributed by atoms with Crippen molar-refractivity contribution in [1.82, 2.24) is 10.2 Å². The van der Waals surface area contributed by atoms with Crippen LogP contribution in [0.25, 0.3) is 0 Å². The van der Waals surface area contributed by atoms with Gasteiger partial charge in [0, 0.05) is 24.7 Å². The van der Waals surface area contributed by atoms with Crippen LogP contribution in [0.2, 0.25) is 0 Å². The van der Waals surface area contributed by atoms with Crippen molar-refractivity contribution in [2.75, 3.05) is 13.1 Å². The Hall–Kier alpha value is -0.860. The molecule has 0 radical (unpaired) electrons. The third kappa shape index (κ3) is 3.33. The number of hydrogen-bond donors (Lipinski definition) is 1. The number of benzene rings is 1. The van der Waals surface area contributed by atoms with Crippen LogP contribution in [0, 0.1) is 6.92 Å². The van der Waals surface area contributed by atoms with Gasteiger partial charge in [-0.1, -0.05) is 24.3 Å². The molecule has 2 nitrogen and oxygen atoms in total. The van der Waals surface area contributed by atoms with E-state index in [0.717, 1.165) is 19.6 Å². The molecule has 1 saturated heterocycles. The first-order chi connectivity index (χ1) is 8.48. The molecule has 1 aliphatic rings. The molecule has 0 spiro atoms. The van der Waals surface area contributed by atoms with E-state index in [2.05, 4.69) is 62.2 Å². The Kier molecular flexibility index (Phi) is 4.08. The molecule has 1 aliphatic heterocycles. The Balaban J connectivity index is 2.13. The first-order valence-corrected chi connectivity index (χ1v) is 7.01. The number of aryl methyl sites for hydroxylation is 1. The highest BCUT2D eigenvalue weighted by atomic mass is 15.2. The molecule has 1 aromatic rings. The van der Waals surface area contributed by atoms with Crippen LogP contribution in [0.15, 0.2) is 24.3 Å².